The first-order valence-corrected chi connectivity index (χ1v) is 14.3. The van der Waals surface area contributed by atoms with Crippen LogP contribution in [0.15, 0.2) is 127 Å². The van der Waals surface area contributed by atoms with E-state index in [0.717, 1.165) is 66.0 Å². The summed E-state index contributed by atoms with van der Waals surface area (Å²) in [5.74, 6) is 0. The Labute approximate surface area is 248 Å². The van der Waals surface area contributed by atoms with Gasteiger partial charge in [-0.15, -0.1) is 0 Å². The van der Waals surface area contributed by atoms with Crippen molar-refractivity contribution in [2.24, 2.45) is 0 Å². The molecule has 0 amide bonds. The van der Waals surface area contributed by atoms with E-state index in [9.17, 15) is 10.5 Å². The normalized spacial score (nSPS) is 11.3. The molecule has 0 N–H and O–H groups in total. The van der Waals surface area contributed by atoms with Crippen molar-refractivity contribution >= 4 is 43.6 Å². The number of para-hydroxylation sites is 4. The third-order valence-electron chi connectivity index (χ3n) is 8.59. The zero-order valence-corrected chi connectivity index (χ0v) is 23.4. The van der Waals surface area contributed by atoms with E-state index in [1.807, 2.05) is 61.5 Å². The van der Waals surface area contributed by atoms with Crippen molar-refractivity contribution in [2.75, 3.05) is 0 Å². The summed E-state index contributed by atoms with van der Waals surface area (Å²) in [5.41, 5.74) is 8.93. The first-order chi connectivity index (χ1) is 21.2. The molecule has 0 atom stereocenters. The van der Waals surface area contributed by atoms with Crippen LogP contribution in [0.25, 0.3) is 66.1 Å². The fourth-order valence-corrected chi connectivity index (χ4v) is 6.82. The highest BCUT2D eigenvalue weighted by atomic mass is 15.0. The van der Waals surface area contributed by atoms with Crippen LogP contribution in [0.4, 0.5) is 0 Å². The van der Waals surface area contributed by atoms with Crippen LogP contribution in [0.3, 0.4) is 0 Å². The summed E-state index contributed by atoms with van der Waals surface area (Å²) in [6, 6.07) is 48.3. The second-order valence-corrected chi connectivity index (χ2v) is 10.8. The van der Waals surface area contributed by atoms with Gasteiger partial charge in [-0.05, 0) is 42.3 Å². The molecule has 6 aromatic carbocycles. The summed E-state index contributed by atoms with van der Waals surface area (Å²) >= 11 is 0. The highest BCUT2D eigenvalue weighted by Gasteiger charge is 2.29. The number of hydrogen-bond donors (Lipinski definition) is 0. The predicted octanol–water partition coefficient (Wildman–Crippen LogP) is 9.60. The van der Waals surface area contributed by atoms with E-state index in [0.29, 0.717) is 16.8 Å². The Hall–Kier alpha value is -6.10. The lowest BCUT2D eigenvalue weighted by molar-refractivity contribution is 1.10. The molecule has 0 aliphatic carbocycles. The lowest BCUT2D eigenvalue weighted by Crippen LogP contribution is -2.11. The number of nitriles is 2. The Bertz CT molecular complexity index is 2370. The van der Waals surface area contributed by atoms with Gasteiger partial charge in [-0.1, -0.05) is 103 Å². The predicted molar refractivity (Wildman–Crippen MR) is 175 cm³/mol. The van der Waals surface area contributed by atoms with Gasteiger partial charge in [0.1, 0.15) is 17.7 Å². The average molecular weight is 549 g/mol. The molecule has 4 heteroatoms. The molecule has 2 heterocycles. The van der Waals surface area contributed by atoms with Gasteiger partial charge in [0.25, 0.3) is 0 Å². The molecule has 8 rings (SSSR count). The van der Waals surface area contributed by atoms with Crippen molar-refractivity contribution in [3.8, 4) is 34.6 Å². The number of benzene rings is 6. The van der Waals surface area contributed by atoms with Crippen LogP contribution < -0.4 is 0 Å². The van der Waals surface area contributed by atoms with Gasteiger partial charge in [-0.3, -0.25) is 0 Å². The van der Waals surface area contributed by atoms with Gasteiger partial charge in [0.2, 0.25) is 0 Å². The molecule has 0 radical (unpaired) electrons. The standard InChI is InChI=1S/C39H24N4/c1-25-31(23-40)38(42-33-19-9-5-15-27(33)28-16-6-10-20-34(28)42)32(24-41)39(37(25)26-13-3-2-4-14-26)43-35-21-11-7-17-29(35)30-18-8-12-22-36(30)43/h2-22H,1H3. The first kappa shape index (κ1) is 24.7. The van der Waals surface area contributed by atoms with Crippen LogP contribution in [-0.2, 0) is 0 Å². The summed E-state index contributed by atoms with van der Waals surface area (Å²) in [6.07, 6.45) is 0. The molecule has 0 saturated carbocycles. The van der Waals surface area contributed by atoms with Crippen LogP contribution in [0.2, 0.25) is 0 Å². The first-order valence-electron chi connectivity index (χ1n) is 14.3. The van der Waals surface area contributed by atoms with Crippen molar-refractivity contribution in [1.29, 1.82) is 10.5 Å². The summed E-state index contributed by atoms with van der Waals surface area (Å²) < 4.78 is 4.33. The minimum Gasteiger partial charge on any atom is -0.307 e. The van der Waals surface area contributed by atoms with E-state index < -0.39 is 0 Å². The topological polar surface area (TPSA) is 57.4 Å². The Morgan fingerprint density at radius 1 is 0.442 bits per heavy atom. The second-order valence-electron chi connectivity index (χ2n) is 10.8. The number of aromatic nitrogens is 2. The number of rotatable bonds is 3. The van der Waals surface area contributed by atoms with E-state index >= 15 is 0 Å². The van der Waals surface area contributed by atoms with E-state index in [4.69, 9.17) is 0 Å². The lowest BCUT2D eigenvalue weighted by atomic mass is 9.89. The smallest absolute Gasteiger partial charge is 0.104 e. The molecule has 0 spiro atoms. The summed E-state index contributed by atoms with van der Waals surface area (Å²) in [4.78, 5) is 0. The van der Waals surface area contributed by atoms with Crippen molar-refractivity contribution in [3.05, 3.63) is 144 Å². The summed E-state index contributed by atoms with van der Waals surface area (Å²) in [7, 11) is 0. The molecule has 0 bridgehead atoms. The largest absolute Gasteiger partial charge is 0.307 e. The molecule has 200 valence electrons. The van der Waals surface area contributed by atoms with Gasteiger partial charge in [0.15, 0.2) is 0 Å². The van der Waals surface area contributed by atoms with Crippen LogP contribution >= 0.6 is 0 Å². The molecule has 0 unspecified atom stereocenters. The van der Waals surface area contributed by atoms with E-state index in [1.165, 1.54) is 0 Å². The van der Waals surface area contributed by atoms with Gasteiger partial charge < -0.3 is 9.13 Å². The molecule has 0 aliphatic rings. The average Bonchev–Trinajstić information content (AvgIpc) is 3.57. The van der Waals surface area contributed by atoms with Gasteiger partial charge in [0.05, 0.1) is 39.0 Å². The zero-order chi connectivity index (χ0) is 29.1. The maximum Gasteiger partial charge on any atom is 0.104 e. The Balaban J connectivity index is 1.66. The van der Waals surface area contributed by atoms with Crippen LogP contribution in [0.5, 0.6) is 0 Å². The third-order valence-corrected chi connectivity index (χ3v) is 8.59. The van der Waals surface area contributed by atoms with E-state index in [2.05, 4.69) is 94.1 Å². The Morgan fingerprint density at radius 2 is 0.814 bits per heavy atom. The number of hydrogen-bond acceptors (Lipinski definition) is 2. The minimum absolute atomic E-state index is 0.457. The zero-order valence-electron chi connectivity index (χ0n) is 23.4. The fourth-order valence-electron chi connectivity index (χ4n) is 6.82. The second kappa shape index (κ2) is 9.48. The van der Waals surface area contributed by atoms with Crippen molar-refractivity contribution < 1.29 is 0 Å². The quantitative estimate of drug-likeness (QED) is 0.221. The van der Waals surface area contributed by atoms with Crippen molar-refractivity contribution in [3.63, 3.8) is 0 Å². The molecule has 2 aromatic heterocycles. The Kier molecular flexibility index (Phi) is 5.44. The van der Waals surface area contributed by atoms with E-state index in [1.54, 1.807) is 0 Å². The third kappa shape index (κ3) is 3.42. The highest BCUT2D eigenvalue weighted by Crippen LogP contribution is 2.45. The molecule has 0 fully saturated rings. The highest BCUT2D eigenvalue weighted by molar-refractivity contribution is 6.12. The molecule has 4 nitrogen and oxygen atoms in total. The van der Waals surface area contributed by atoms with Gasteiger partial charge in [-0.2, -0.15) is 10.5 Å². The summed E-state index contributed by atoms with van der Waals surface area (Å²) in [5, 5.41) is 26.4. The monoisotopic (exact) mass is 548 g/mol. The molecule has 0 aliphatic heterocycles. The molecule has 8 aromatic rings. The van der Waals surface area contributed by atoms with Crippen molar-refractivity contribution in [2.45, 2.75) is 6.92 Å². The summed E-state index contributed by atoms with van der Waals surface area (Å²) in [6.45, 7) is 2.01. The fraction of sp³-hybridized carbons (Fsp3) is 0.0256. The number of nitrogens with zero attached hydrogens (tertiary/aromatic N) is 4. The van der Waals surface area contributed by atoms with Gasteiger partial charge in [-0.25, -0.2) is 0 Å². The van der Waals surface area contributed by atoms with Crippen LogP contribution in [0.1, 0.15) is 16.7 Å². The number of fused-ring (bicyclic) bond motifs is 6. The molecular weight excluding hydrogens is 524 g/mol. The SMILES string of the molecule is Cc1c(C#N)c(-n2c3ccccc3c3ccccc32)c(C#N)c(-n2c3ccccc3c3ccccc32)c1-c1ccccc1. The molecular formula is C39H24N4. The van der Waals surface area contributed by atoms with Crippen LogP contribution in [0, 0.1) is 29.6 Å². The minimum atomic E-state index is 0.457. The lowest BCUT2D eigenvalue weighted by Gasteiger charge is -2.23. The van der Waals surface area contributed by atoms with Crippen LogP contribution in [-0.4, -0.2) is 9.13 Å². The van der Waals surface area contributed by atoms with Gasteiger partial charge in [0, 0.05) is 27.1 Å². The maximum absolute atomic E-state index is 11.2. The Morgan fingerprint density at radius 3 is 1.23 bits per heavy atom. The van der Waals surface area contributed by atoms with Gasteiger partial charge >= 0.3 is 0 Å². The maximum atomic E-state index is 11.2. The molecule has 0 saturated heterocycles. The molecule has 43 heavy (non-hydrogen) atoms. The van der Waals surface area contributed by atoms with E-state index in [-0.39, 0.29) is 0 Å². The van der Waals surface area contributed by atoms with Crippen molar-refractivity contribution in [1.82, 2.24) is 9.13 Å².